The van der Waals surface area contributed by atoms with Crippen molar-refractivity contribution >= 4 is 5.97 Å². The standard InChI is InChI=1S/C13H18FNO3/c1-9-8-10(4-5-11(9)14)12(13(16)18-3)15-6-7-17-2/h4-5,8,12,15H,6-7H2,1-3H3. The highest BCUT2D eigenvalue weighted by Crippen LogP contribution is 2.18. The molecule has 0 aliphatic heterocycles. The van der Waals surface area contributed by atoms with Gasteiger partial charge < -0.3 is 9.47 Å². The normalized spacial score (nSPS) is 12.2. The summed E-state index contributed by atoms with van der Waals surface area (Å²) >= 11 is 0. The Morgan fingerprint density at radius 3 is 2.72 bits per heavy atom. The number of carbonyl (C=O) groups is 1. The number of ether oxygens (including phenoxy) is 2. The third kappa shape index (κ3) is 3.78. The van der Waals surface area contributed by atoms with Gasteiger partial charge in [0.1, 0.15) is 11.9 Å². The molecule has 1 unspecified atom stereocenters. The first-order valence-electron chi connectivity index (χ1n) is 5.66. The maximum atomic E-state index is 13.2. The fourth-order valence-electron chi connectivity index (χ4n) is 1.61. The minimum atomic E-state index is -0.607. The molecular formula is C13H18FNO3. The summed E-state index contributed by atoms with van der Waals surface area (Å²) in [7, 11) is 2.90. The number of rotatable bonds is 6. The van der Waals surface area contributed by atoms with Crippen LogP contribution in [0.5, 0.6) is 0 Å². The van der Waals surface area contributed by atoms with Gasteiger partial charge in [-0.1, -0.05) is 12.1 Å². The van der Waals surface area contributed by atoms with Gasteiger partial charge >= 0.3 is 5.97 Å². The number of esters is 1. The molecule has 0 aromatic heterocycles. The summed E-state index contributed by atoms with van der Waals surface area (Å²) in [4.78, 5) is 11.7. The van der Waals surface area contributed by atoms with Crippen molar-refractivity contribution in [3.8, 4) is 0 Å². The Kier molecular flexibility index (Phi) is 5.74. The zero-order valence-corrected chi connectivity index (χ0v) is 10.8. The van der Waals surface area contributed by atoms with Crippen LogP contribution in [0.15, 0.2) is 18.2 Å². The van der Waals surface area contributed by atoms with Crippen LogP contribution < -0.4 is 5.32 Å². The van der Waals surface area contributed by atoms with Gasteiger partial charge in [0.05, 0.1) is 13.7 Å². The number of aryl methyl sites for hydroxylation is 1. The van der Waals surface area contributed by atoms with Crippen molar-refractivity contribution in [3.63, 3.8) is 0 Å². The highest BCUT2D eigenvalue weighted by Gasteiger charge is 2.21. The molecule has 0 aliphatic rings. The molecule has 1 aromatic carbocycles. The van der Waals surface area contributed by atoms with E-state index in [0.717, 1.165) is 0 Å². The van der Waals surface area contributed by atoms with E-state index in [1.54, 1.807) is 26.2 Å². The number of hydrogen-bond donors (Lipinski definition) is 1. The lowest BCUT2D eigenvalue weighted by molar-refractivity contribution is -0.143. The highest BCUT2D eigenvalue weighted by molar-refractivity contribution is 5.77. The van der Waals surface area contributed by atoms with Gasteiger partial charge in [0, 0.05) is 13.7 Å². The van der Waals surface area contributed by atoms with Gasteiger partial charge in [0.15, 0.2) is 0 Å². The molecule has 0 spiro atoms. The Balaban J connectivity index is 2.87. The molecule has 100 valence electrons. The summed E-state index contributed by atoms with van der Waals surface area (Å²) in [5, 5.41) is 3.01. The first-order chi connectivity index (χ1) is 8.60. The minimum Gasteiger partial charge on any atom is -0.468 e. The topological polar surface area (TPSA) is 47.6 Å². The van der Waals surface area contributed by atoms with Crippen LogP contribution in [0, 0.1) is 12.7 Å². The van der Waals surface area contributed by atoms with Crippen LogP contribution >= 0.6 is 0 Å². The van der Waals surface area contributed by atoms with E-state index in [1.165, 1.54) is 13.2 Å². The van der Waals surface area contributed by atoms with Crippen LogP contribution in [0.4, 0.5) is 4.39 Å². The Labute approximate surface area is 106 Å². The largest absolute Gasteiger partial charge is 0.468 e. The van der Waals surface area contributed by atoms with E-state index in [1.807, 2.05) is 0 Å². The molecule has 0 bridgehead atoms. The molecule has 5 heteroatoms. The SMILES string of the molecule is COCCNC(C(=O)OC)c1ccc(F)c(C)c1. The second-order valence-corrected chi connectivity index (χ2v) is 3.91. The summed E-state index contributed by atoms with van der Waals surface area (Å²) in [5.41, 5.74) is 1.17. The first-order valence-corrected chi connectivity index (χ1v) is 5.66. The first kappa shape index (κ1) is 14.6. The number of nitrogens with one attached hydrogen (secondary N) is 1. The predicted molar refractivity (Wildman–Crippen MR) is 65.8 cm³/mol. The fraction of sp³-hybridized carbons (Fsp3) is 0.462. The average Bonchev–Trinajstić information content (AvgIpc) is 2.37. The van der Waals surface area contributed by atoms with Gasteiger partial charge in [-0.2, -0.15) is 0 Å². The van der Waals surface area contributed by atoms with Gasteiger partial charge in [-0.15, -0.1) is 0 Å². The predicted octanol–water partition coefficient (Wildman–Crippen LogP) is 1.58. The number of hydrogen-bond acceptors (Lipinski definition) is 4. The molecule has 0 saturated heterocycles. The van der Waals surface area contributed by atoms with Gasteiger partial charge in [0.2, 0.25) is 0 Å². The molecule has 4 nitrogen and oxygen atoms in total. The lowest BCUT2D eigenvalue weighted by Gasteiger charge is -2.17. The maximum absolute atomic E-state index is 13.2. The Morgan fingerprint density at radius 2 is 2.17 bits per heavy atom. The molecule has 1 atom stereocenters. The second-order valence-electron chi connectivity index (χ2n) is 3.91. The number of methoxy groups -OCH3 is 2. The molecule has 0 aliphatic carbocycles. The number of carbonyl (C=O) groups excluding carboxylic acids is 1. The molecule has 18 heavy (non-hydrogen) atoms. The van der Waals surface area contributed by atoms with Crippen molar-refractivity contribution in [3.05, 3.63) is 35.1 Å². The Hall–Kier alpha value is -1.46. The Morgan fingerprint density at radius 1 is 1.44 bits per heavy atom. The molecule has 0 radical (unpaired) electrons. The van der Waals surface area contributed by atoms with E-state index in [-0.39, 0.29) is 5.82 Å². The van der Waals surface area contributed by atoms with Gasteiger partial charge in [0.25, 0.3) is 0 Å². The van der Waals surface area contributed by atoms with Crippen LogP contribution in [0.1, 0.15) is 17.2 Å². The quantitative estimate of drug-likeness (QED) is 0.619. The van der Waals surface area contributed by atoms with E-state index >= 15 is 0 Å². The summed E-state index contributed by atoms with van der Waals surface area (Å²) in [5.74, 6) is -0.698. The van der Waals surface area contributed by atoms with Gasteiger partial charge in [-0.05, 0) is 24.1 Å². The van der Waals surface area contributed by atoms with Crippen LogP contribution in [0.2, 0.25) is 0 Å². The minimum absolute atomic E-state index is 0.292. The fourth-order valence-corrected chi connectivity index (χ4v) is 1.61. The Bertz CT molecular complexity index is 409. The molecule has 0 amide bonds. The van der Waals surface area contributed by atoms with Crippen molar-refractivity contribution in [2.45, 2.75) is 13.0 Å². The van der Waals surface area contributed by atoms with Crippen molar-refractivity contribution in [1.82, 2.24) is 5.32 Å². The van der Waals surface area contributed by atoms with E-state index in [4.69, 9.17) is 9.47 Å². The summed E-state index contributed by atoms with van der Waals surface area (Å²) in [6.45, 7) is 2.64. The van der Waals surface area contributed by atoms with Crippen molar-refractivity contribution < 1.29 is 18.7 Å². The van der Waals surface area contributed by atoms with E-state index in [2.05, 4.69) is 5.32 Å². The van der Waals surface area contributed by atoms with E-state index in [0.29, 0.717) is 24.3 Å². The van der Waals surface area contributed by atoms with Gasteiger partial charge in [-0.25, -0.2) is 9.18 Å². The molecule has 1 aromatic rings. The third-order valence-electron chi connectivity index (χ3n) is 2.61. The summed E-state index contributed by atoms with van der Waals surface area (Å²) in [6, 6.07) is 3.95. The monoisotopic (exact) mass is 255 g/mol. The van der Waals surface area contributed by atoms with E-state index < -0.39 is 12.0 Å². The smallest absolute Gasteiger partial charge is 0.327 e. The summed E-state index contributed by atoms with van der Waals surface area (Å²) in [6.07, 6.45) is 0. The third-order valence-corrected chi connectivity index (χ3v) is 2.61. The van der Waals surface area contributed by atoms with E-state index in [9.17, 15) is 9.18 Å². The van der Waals surface area contributed by atoms with Crippen LogP contribution in [-0.4, -0.2) is 33.3 Å². The lowest BCUT2D eigenvalue weighted by atomic mass is 10.0. The van der Waals surface area contributed by atoms with Gasteiger partial charge in [-0.3, -0.25) is 5.32 Å². The molecular weight excluding hydrogens is 237 g/mol. The zero-order valence-electron chi connectivity index (χ0n) is 10.8. The summed E-state index contributed by atoms with van der Waals surface area (Å²) < 4.78 is 22.8. The van der Waals surface area contributed by atoms with Crippen molar-refractivity contribution in [2.75, 3.05) is 27.4 Å². The molecule has 1 N–H and O–H groups in total. The molecule has 0 heterocycles. The molecule has 0 fully saturated rings. The van der Waals surface area contributed by atoms with Crippen LogP contribution in [0.3, 0.4) is 0 Å². The lowest BCUT2D eigenvalue weighted by Crippen LogP contribution is -2.32. The maximum Gasteiger partial charge on any atom is 0.327 e. The highest BCUT2D eigenvalue weighted by atomic mass is 19.1. The molecule has 1 rings (SSSR count). The second kappa shape index (κ2) is 7.08. The van der Waals surface area contributed by atoms with Crippen molar-refractivity contribution in [1.29, 1.82) is 0 Å². The van der Waals surface area contributed by atoms with Crippen LogP contribution in [0.25, 0.3) is 0 Å². The average molecular weight is 255 g/mol. The molecule has 0 saturated carbocycles. The number of benzene rings is 1. The number of halogens is 1. The van der Waals surface area contributed by atoms with Crippen molar-refractivity contribution in [2.24, 2.45) is 0 Å². The zero-order chi connectivity index (χ0) is 13.5. The van der Waals surface area contributed by atoms with Crippen LogP contribution in [-0.2, 0) is 14.3 Å².